The molecular weight excluding hydrogens is 434 g/mol. The van der Waals surface area contributed by atoms with Gasteiger partial charge in [0.25, 0.3) is 0 Å². The van der Waals surface area contributed by atoms with Crippen molar-refractivity contribution in [3.63, 3.8) is 0 Å². The average Bonchev–Trinajstić information content (AvgIpc) is 2.80. The van der Waals surface area contributed by atoms with Crippen LogP contribution in [0.1, 0.15) is 24.8 Å². The molecule has 0 aliphatic carbocycles. The Bertz CT molecular complexity index is 1060. The molecule has 2 aliphatic rings. The number of fused-ring (bicyclic) bond motifs is 1. The number of benzene rings is 2. The van der Waals surface area contributed by atoms with Gasteiger partial charge in [-0.3, -0.25) is 9.69 Å². The van der Waals surface area contributed by atoms with Gasteiger partial charge in [-0.05, 0) is 48.9 Å². The summed E-state index contributed by atoms with van der Waals surface area (Å²) >= 11 is 7.51. The molecule has 0 aromatic heterocycles. The number of methoxy groups -OCH3 is 1. The van der Waals surface area contributed by atoms with E-state index < -0.39 is 0 Å². The minimum absolute atomic E-state index is 0.00184. The minimum Gasteiger partial charge on any atom is -0.493 e. The van der Waals surface area contributed by atoms with Crippen LogP contribution in [-0.2, 0) is 4.79 Å². The van der Waals surface area contributed by atoms with Gasteiger partial charge < -0.3 is 14.4 Å². The Kier molecular flexibility index (Phi) is 6.30. The van der Waals surface area contributed by atoms with Crippen LogP contribution in [0.4, 0.5) is 5.69 Å². The number of nitrogens with zero attached hydrogens (tertiary/aromatic N) is 3. The highest BCUT2D eigenvalue weighted by molar-refractivity contribution is 8.03. The molecule has 1 atom stereocenters. The van der Waals surface area contributed by atoms with Gasteiger partial charge in [0.15, 0.2) is 11.5 Å². The molecule has 31 heavy (non-hydrogen) atoms. The third-order valence-corrected chi connectivity index (χ3v) is 6.78. The van der Waals surface area contributed by atoms with Gasteiger partial charge in [-0.25, -0.2) is 0 Å². The maximum atomic E-state index is 13.1. The van der Waals surface area contributed by atoms with E-state index in [1.165, 1.54) is 11.8 Å². The largest absolute Gasteiger partial charge is 0.493 e. The first-order valence-electron chi connectivity index (χ1n) is 9.94. The van der Waals surface area contributed by atoms with E-state index in [9.17, 15) is 10.1 Å². The van der Waals surface area contributed by atoms with Crippen LogP contribution >= 0.6 is 23.4 Å². The predicted molar refractivity (Wildman–Crippen MR) is 122 cm³/mol. The Hall–Kier alpha value is -2.82. The zero-order chi connectivity index (χ0) is 22.0. The van der Waals surface area contributed by atoms with Crippen LogP contribution in [0, 0.1) is 11.3 Å². The quantitative estimate of drug-likeness (QED) is 0.634. The Labute approximate surface area is 191 Å². The maximum Gasteiger partial charge on any atom is 0.229 e. The van der Waals surface area contributed by atoms with Crippen molar-refractivity contribution in [1.29, 1.82) is 5.26 Å². The smallest absolute Gasteiger partial charge is 0.229 e. The fourth-order valence-corrected chi connectivity index (χ4v) is 5.13. The second-order valence-corrected chi connectivity index (χ2v) is 8.55. The number of carbonyl (C=O) groups excluding carboxylic acids is 1. The number of thioether (sulfide) groups is 1. The van der Waals surface area contributed by atoms with Crippen LogP contribution in [0.15, 0.2) is 53.1 Å². The van der Waals surface area contributed by atoms with Crippen molar-refractivity contribution in [3.8, 4) is 17.6 Å². The van der Waals surface area contributed by atoms with Gasteiger partial charge in [0.1, 0.15) is 0 Å². The van der Waals surface area contributed by atoms with Crippen molar-refractivity contribution < 1.29 is 14.3 Å². The number of hydrogen-bond donors (Lipinski definition) is 0. The molecule has 4 rings (SSSR count). The summed E-state index contributed by atoms with van der Waals surface area (Å²) < 4.78 is 11.1. The van der Waals surface area contributed by atoms with E-state index >= 15 is 0 Å². The van der Waals surface area contributed by atoms with E-state index in [2.05, 4.69) is 11.0 Å². The van der Waals surface area contributed by atoms with Crippen LogP contribution in [0.5, 0.6) is 11.5 Å². The fourth-order valence-electron chi connectivity index (χ4n) is 3.84. The lowest BCUT2D eigenvalue weighted by Gasteiger charge is -2.42. The molecule has 0 spiro atoms. The average molecular weight is 456 g/mol. The van der Waals surface area contributed by atoms with Crippen molar-refractivity contribution in [2.24, 2.45) is 0 Å². The zero-order valence-corrected chi connectivity index (χ0v) is 18.9. The number of nitriles is 1. The molecule has 2 aromatic carbocycles. The minimum atomic E-state index is -0.303. The molecule has 2 aliphatic heterocycles. The van der Waals surface area contributed by atoms with E-state index in [4.69, 9.17) is 21.1 Å². The van der Waals surface area contributed by atoms with Crippen LogP contribution in [0.3, 0.4) is 0 Å². The molecule has 1 fully saturated rings. The Morgan fingerprint density at radius 1 is 1.23 bits per heavy atom. The standard InChI is InChI=1S/C23H22ClN3O3S/c1-3-30-20-9-4-15(10-21(20)29-2)18-11-22(28)27-13-26(14-31-23(27)19(18)12-25)17-7-5-16(24)6-8-17/h4-10,18H,3,11,13-14H2,1-2H3. The van der Waals surface area contributed by atoms with Crippen molar-refractivity contribution in [2.75, 3.05) is 31.2 Å². The molecule has 0 bridgehead atoms. The van der Waals surface area contributed by atoms with Crippen LogP contribution in [0.25, 0.3) is 0 Å². The van der Waals surface area contributed by atoms with Crippen molar-refractivity contribution in [2.45, 2.75) is 19.3 Å². The fraction of sp³-hybridized carbons (Fsp3) is 0.304. The summed E-state index contributed by atoms with van der Waals surface area (Å²) in [6, 6.07) is 15.5. The molecule has 8 heteroatoms. The second-order valence-electron chi connectivity index (χ2n) is 7.18. The van der Waals surface area contributed by atoms with Gasteiger partial charge >= 0.3 is 0 Å². The van der Waals surface area contributed by atoms with Crippen molar-refractivity contribution >= 4 is 35.0 Å². The summed E-state index contributed by atoms with van der Waals surface area (Å²) in [5.74, 6) is 1.59. The molecule has 0 N–H and O–H groups in total. The monoisotopic (exact) mass is 455 g/mol. The van der Waals surface area contributed by atoms with Gasteiger partial charge in [-0.1, -0.05) is 29.4 Å². The van der Waals surface area contributed by atoms with E-state index in [-0.39, 0.29) is 18.2 Å². The summed E-state index contributed by atoms with van der Waals surface area (Å²) in [5, 5.41) is 11.4. The molecule has 2 aromatic rings. The molecule has 1 unspecified atom stereocenters. The molecule has 0 saturated carbocycles. The number of carbonyl (C=O) groups is 1. The Balaban J connectivity index is 1.65. The topological polar surface area (TPSA) is 65.8 Å². The third-order valence-electron chi connectivity index (χ3n) is 5.38. The number of halogens is 1. The molecule has 2 heterocycles. The van der Waals surface area contributed by atoms with Gasteiger partial charge in [-0.2, -0.15) is 5.26 Å². The van der Waals surface area contributed by atoms with Gasteiger partial charge in [-0.15, -0.1) is 0 Å². The summed E-state index contributed by atoms with van der Waals surface area (Å²) in [6.45, 7) is 2.85. The molecular formula is C23H22ClN3O3S. The van der Waals surface area contributed by atoms with Gasteiger partial charge in [0.2, 0.25) is 5.91 Å². The summed E-state index contributed by atoms with van der Waals surface area (Å²) in [5.41, 5.74) is 2.48. The van der Waals surface area contributed by atoms with E-state index in [1.54, 1.807) is 12.0 Å². The highest BCUT2D eigenvalue weighted by Gasteiger charge is 2.38. The normalized spacial score (nSPS) is 18.5. The third kappa shape index (κ3) is 4.18. The first-order valence-corrected chi connectivity index (χ1v) is 11.3. The van der Waals surface area contributed by atoms with E-state index in [1.807, 2.05) is 49.4 Å². The molecule has 1 saturated heterocycles. The second kappa shape index (κ2) is 9.13. The van der Waals surface area contributed by atoms with E-state index in [0.29, 0.717) is 41.2 Å². The Morgan fingerprint density at radius 2 is 2.00 bits per heavy atom. The maximum absolute atomic E-state index is 13.1. The number of rotatable bonds is 5. The first-order chi connectivity index (χ1) is 15.0. The number of amides is 1. The predicted octanol–water partition coefficient (Wildman–Crippen LogP) is 4.97. The zero-order valence-electron chi connectivity index (χ0n) is 17.3. The number of allylic oxidation sites excluding steroid dienone is 1. The molecule has 0 radical (unpaired) electrons. The van der Waals surface area contributed by atoms with Crippen molar-refractivity contribution in [3.05, 3.63) is 63.7 Å². The highest BCUT2D eigenvalue weighted by Crippen LogP contribution is 2.44. The number of hydrogen-bond acceptors (Lipinski definition) is 6. The van der Waals surface area contributed by atoms with Gasteiger partial charge in [0, 0.05) is 23.0 Å². The number of ether oxygens (including phenoxy) is 2. The summed E-state index contributed by atoms with van der Waals surface area (Å²) in [7, 11) is 1.58. The van der Waals surface area contributed by atoms with Crippen LogP contribution in [0.2, 0.25) is 5.02 Å². The lowest BCUT2D eigenvalue weighted by molar-refractivity contribution is -0.129. The van der Waals surface area contributed by atoms with Crippen LogP contribution in [-0.4, -0.2) is 37.1 Å². The van der Waals surface area contributed by atoms with E-state index in [0.717, 1.165) is 16.3 Å². The number of anilines is 1. The summed E-state index contributed by atoms with van der Waals surface area (Å²) in [6.07, 6.45) is 0.235. The lowest BCUT2D eigenvalue weighted by Crippen LogP contribution is -2.47. The first kappa shape index (κ1) is 21.4. The highest BCUT2D eigenvalue weighted by atomic mass is 35.5. The lowest BCUT2D eigenvalue weighted by atomic mass is 9.86. The SMILES string of the molecule is CCOc1ccc(C2CC(=O)N3CN(c4ccc(Cl)cc4)CSC3=C2C#N)cc1OC. The van der Waals surface area contributed by atoms with Crippen molar-refractivity contribution in [1.82, 2.24) is 4.90 Å². The molecule has 1 amide bonds. The van der Waals surface area contributed by atoms with Gasteiger partial charge in [0.05, 0.1) is 42.9 Å². The molecule has 160 valence electrons. The summed E-state index contributed by atoms with van der Waals surface area (Å²) in [4.78, 5) is 16.9. The van der Waals surface area contributed by atoms with Crippen LogP contribution < -0.4 is 14.4 Å². The Morgan fingerprint density at radius 3 is 2.68 bits per heavy atom. The molecule has 6 nitrogen and oxygen atoms in total.